The molecule has 1 atom stereocenters. The van der Waals surface area contributed by atoms with Crippen LogP contribution in [-0.2, 0) is 19.6 Å². The topological polar surface area (TPSA) is 105 Å². The van der Waals surface area contributed by atoms with Gasteiger partial charge in [0.05, 0.1) is 4.90 Å². The normalized spacial score (nSPS) is 12.3. The molecule has 2 N–H and O–H groups in total. The van der Waals surface area contributed by atoms with Crippen LogP contribution in [0.2, 0.25) is 0 Å². The van der Waals surface area contributed by atoms with Gasteiger partial charge in [0.15, 0.2) is 6.10 Å². The van der Waals surface area contributed by atoms with Crippen LogP contribution in [-0.4, -0.2) is 44.7 Å². The van der Waals surface area contributed by atoms with Crippen LogP contribution in [0, 0.1) is 6.92 Å². The molecular weight excluding hydrogens is 394 g/mol. The second kappa shape index (κ2) is 9.06. The number of aryl methyl sites for hydroxylation is 1. The molecule has 2 rings (SSSR count). The number of carbonyl (C=O) groups excluding carboxylic acids is 2. The Morgan fingerprint density at radius 1 is 1.03 bits per heavy atom. The molecule has 8 nitrogen and oxygen atoms in total. The average Bonchev–Trinajstić information content (AvgIpc) is 2.64. The number of anilines is 2. The van der Waals surface area contributed by atoms with Gasteiger partial charge in [0, 0.05) is 32.4 Å². The first-order chi connectivity index (χ1) is 13.5. The molecule has 2 aromatic rings. The number of rotatable bonds is 7. The van der Waals surface area contributed by atoms with E-state index in [4.69, 9.17) is 4.74 Å². The minimum atomic E-state index is -3.61. The van der Waals surface area contributed by atoms with E-state index in [0.717, 1.165) is 9.87 Å². The number of benzene rings is 2. The Morgan fingerprint density at radius 3 is 2.21 bits per heavy atom. The molecule has 0 saturated carbocycles. The summed E-state index contributed by atoms with van der Waals surface area (Å²) in [7, 11) is -0.723. The van der Waals surface area contributed by atoms with Gasteiger partial charge in [0.2, 0.25) is 15.9 Å². The predicted octanol–water partition coefficient (Wildman–Crippen LogP) is 2.61. The predicted molar refractivity (Wildman–Crippen MR) is 112 cm³/mol. The molecule has 0 spiro atoms. The molecule has 2 amide bonds. The second-order valence-corrected chi connectivity index (χ2v) is 8.87. The fourth-order valence-electron chi connectivity index (χ4n) is 2.42. The zero-order chi connectivity index (χ0) is 21.8. The summed E-state index contributed by atoms with van der Waals surface area (Å²) >= 11 is 0. The Hall–Kier alpha value is -2.91. The fraction of sp³-hybridized carbons (Fsp3) is 0.300. The Morgan fingerprint density at radius 2 is 1.66 bits per heavy atom. The zero-order valence-electron chi connectivity index (χ0n) is 17.0. The smallest absolute Gasteiger partial charge is 0.265 e. The van der Waals surface area contributed by atoms with Crippen LogP contribution in [0.5, 0.6) is 5.75 Å². The van der Waals surface area contributed by atoms with Crippen molar-refractivity contribution in [2.24, 2.45) is 0 Å². The Labute approximate surface area is 170 Å². The van der Waals surface area contributed by atoms with Gasteiger partial charge in [-0.05, 0) is 55.8 Å². The molecule has 0 aromatic heterocycles. The number of nitrogens with zero attached hydrogens (tertiary/aromatic N) is 1. The van der Waals surface area contributed by atoms with Crippen molar-refractivity contribution in [2.75, 3.05) is 24.7 Å². The number of hydrogen-bond donors (Lipinski definition) is 2. The van der Waals surface area contributed by atoms with E-state index in [1.54, 1.807) is 44.2 Å². The van der Waals surface area contributed by atoms with E-state index >= 15 is 0 Å². The minimum Gasteiger partial charge on any atom is -0.481 e. The molecule has 0 aliphatic rings. The lowest BCUT2D eigenvalue weighted by Crippen LogP contribution is -2.30. The summed E-state index contributed by atoms with van der Waals surface area (Å²) in [5.74, 6) is -0.138. The quantitative estimate of drug-likeness (QED) is 0.718. The Balaban J connectivity index is 2.10. The van der Waals surface area contributed by atoms with Crippen LogP contribution < -0.4 is 15.4 Å². The lowest BCUT2D eigenvalue weighted by molar-refractivity contribution is -0.122. The maximum atomic E-state index is 12.5. The summed E-state index contributed by atoms with van der Waals surface area (Å²) in [5.41, 5.74) is 1.74. The van der Waals surface area contributed by atoms with Crippen molar-refractivity contribution in [2.45, 2.75) is 31.8 Å². The van der Waals surface area contributed by atoms with Crippen LogP contribution >= 0.6 is 0 Å². The molecule has 1 unspecified atom stereocenters. The monoisotopic (exact) mass is 419 g/mol. The Bertz CT molecular complexity index is 1000. The molecule has 2 aromatic carbocycles. The molecule has 0 radical (unpaired) electrons. The fourth-order valence-corrected chi connectivity index (χ4v) is 3.35. The van der Waals surface area contributed by atoms with Gasteiger partial charge in [-0.3, -0.25) is 9.59 Å². The highest BCUT2D eigenvalue weighted by molar-refractivity contribution is 7.89. The van der Waals surface area contributed by atoms with Crippen molar-refractivity contribution < 1.29 is 22.7 Å². The number of nitrogens with one attached hydrogen (secondary N) is 2. The largest absolute Gasteiger partial charge is 0.481 e. The summed E-state index contributed by atoms with van der Waals surface area (Å²) in [6.45, 7) is 4.78. The number of ether oxygens (including phenoxy) is 1. The average molecular weight is 420 g/mol. The summed E-state index contributed by atoms with van der Waals surface area (Å²) < 4.78 is 31.4. The van der Waals surface area contributed by atoms with E-state index < -0.39 is 22.0 Å². The highest BCUT2D eigenvalue weighted by atomic mass is 32.2. The molecule has 0 saturated heterocycles. The van der Waals surface area contributed by atoms with Gasteiger partial charge in [-0.15, -0.1) is 0 Å². The van der Waals surface area contributed by atoms with Crippen LogP contribution in [0.1, 0.15) is 19.4 Å². The van der Waals surface area contributed by atoms with E-state index in [0.29, 0.717) is 17.1 Å². The van der Waals surface area contributed by atoms with Gasteiger partial charge in [-0.1, -0.05) is 6.07 Å². The summed E-state index contributed by atoms with van der Waals surface area (Å²) in [4.78, 5) is 23.7. The zero-order valence-corrected chi connectivity index (χ0v) is 17.8. The van der Waals surface area contributed by atoms with Crippen LogP contribution in [0.3, 0.4) is 0 Å². The van der Waals surface area contributed by atoms with E-state index in [1.165, 1.54) is 33.2 Å². The standard InChI is InChI=1S/C20H25N3O5S/c1-13-6-11-18(29(26,27)23(4)5)12-19(13)22-20(25)14(2)28-17-9-7-16(8-10-17)21-15(3)24/h6-12,14H,1-5H3,(H,21,24)(H,22,25). The molecule has 0 fully saturated rings. The van der Waals surface area contributed by atoms with Crippen molar-refractivity contribution in [3.05, 3.63) is 48.0 Å². The first kappa shape index (κ1) is 22.4. The maximum Gasteiger partial charge on any atom is 0.265 e. The van der Waals surface area contributed by atoms with Gasteiger partial charge < -0.3 is 15.4 Å². The third-order valence-electron chi connectivity index (χ3n) is 4.10. The van der Waals surface area contributed by atoms with Crippen molar-refractivity contribution >= 4 is 33.2 Å². The van der Waals surface area contributed by atoms with Gasteiger partial charge >= 0.3 is 0 Å². The van der Waals surface area contributed by atoms with E-state index in [2.05, 4.69) is 10.6 Å². The summed E-state index contributed by atoms with van der Waals surface area (Å²) in [5, 5.41) is 5.36. The van der Waals surface area contributed by atoms with Crippen LogP contribution in [0.15, 0.2) is 47.4 Å². The summed E-state index contributed by atoms with van der Waals surface area (Å²) in [6.07, 6.45) is -0.824. The van der Waals surface area contributed by atoms with Crippen molar-refractivity contribution in [3.63, 3.8) is 0 Å². The van der Waals surface area contributed by atoms with Crippen molar-refractivity contribution in [1.29, 1.82) is 0 Å². The molecule has 156 valence electrons. The maximum absolute atomic E-state index is 12.5. The molecule has 0 bridgehead atoms. The number of amides is 2. The number of carbonyl (C=O) groups is 2. The minimum absolute atomic E-state index is 0.0885. The first-order valence-corrected chi connectivity index (χ1v) is 10.3. The second-order valence-electron chi connectivity index (χ2n) is 6.72. The van der Waals surface area contributed by atoms with E-state index in [1.807, 2.05) is 0 Å². The van der Waals surface area contributed by atoms with Crippen LogP contribution in [0.4, 0.5) is 11.4 Å². The summed E-state index contributed by atoms with van der Waals surface area (Å²) in [6, 6.07) is 11.2. The van der Waals surface area contributed by atoms with Crippen molar-refractivity contribution in [3.8, 4) is 5.75 Å². The SMILES string of the molecule is CC(=O)Nc1ccc(OC(C)C(=O)Nc2cc(S(=O)(=O)N(C)C)ccc2C)cc1. The van der Waals surface area contributed by atoms with Gasteiger partial charge in [0.1, 0.15) is 5.75 Å². The molecule has 9 heteroatoms. The van der Waals surface area contributed by atoms with Gasteiger partial charge in [0.25, 0.3) is 5.91 Å². The van der Waals surface area contributed by atoms with Gasteiger partial charge in [-0.2, -0.15) is 0 Å². The number of hydrogen-bond acceptors (Lipinski definition) is 5. The highest BCUT2D eigenvalue weighted by Crippen LogP contribution is 2.23. The lowest BCUT2D eigenvalue weighted by atomic mass is 10.2. The lowest BCUT2D eigenvalue weighted by Gasteiger charge is -2.17. The van der Waals surface area contributed by atoms with Gasteiger partial charge in [-0.25, -0.2) is 12.7 Å². The van der Waals surface area contributed by atoms with E-state index in [9.17, 15) is 18.0 Å². The molecule has 0 heterocycles. The Kier molecular flexibility index (Phi) is 6.99. The third kappa shape index (κ3) is 5.78. The third-order valence-corrected chi connectivity index (χ3v) is 5.91. The molecule has 0 aliphatic carbocycles. The molecule has 29 heavy (non-hydrogen) atoms. The highest BCUT2D eigenvalue weighted by Gasteiger charge is 2.20. The number of sulfonamides is 1. The van der Waals surface area contributed by atoms with E-state index in [-0.39, 0.29) is 10.8 Å². The van der Waals surface area contributed by atoms with Crippen molar-refractivity contribution in [1.82, 2.24) is 4.31 Å². The molecular formula is C20H25N3O5S. The van der Waals surface area contributed by atoms with Crippen LogP contribution in [0.25, 0.3) is 0 Å². The molecule has 0 aliphatic heterocycles. The first-order valence-electron chi connectivity index (χ1n) is 8.89.